The average molecular weight is 480 g/mol. The Morgan fingerprint density at radius 3 is 2.53 bits per heavy atom. The first-order valence-corrected chi connectivity index (χ1v) is 12.3. The van der Waals surface area contributed by atoms with Crippen LogP contribution in [0.5, 0.6) is 0 Å². The van der Waals surface area contributed by atoms with Crippen molar-refractivity contribution < 1.29 is 22.4 Å². The van der Waals surface area contributed by atoms with Crippen molar-refractivity contribution in [2.45, 2.75) is 37.0 Å². The number of nitrogens with one attached hydrogen (secondary N) is 1. The quantitative estimate of drug-likeness (QED) is 0.710. The van der Waals surface area contributed by atoms with Crippen molar-refractivity contribution in [1.82, 2.24) is 4.31 Å². The predicted molar refractivity (Wildman–Crippen MR) is 120 cm³/mol. The second-order valence-electron chi connectivity index (χ2n) is 7.91. The number of hydrogen-bond donors (Lipinski definition) is 1. The third-order valence-corrected chi connectivity index (χ3v) is 7.90. The Labute approximate surface area is 191 Å². The van der Waals surface area contributed by atoms with Crippen LogP contribution in [0.1, 0.15) is 31.2 Å². The molecule has 0 spiro atoms. The fourth-order valence-electron chi connectivity index (χ4n) is 4.06. The minimum absolute atomic E-state index is 0.0534. The van der Waals surface area contributed by atoms with Crippen LogP contribution >= 0.6 is 11.6 Å². The second-order valence-corrected chi connectivity index (χ2v) is 10.3. The molecular weight excluding hydrogens is 457 g/mol. The molecule has 2 aliphatic heterocycles. The molecule has 0 aromatic heterocycles. The first kappa shape index (κ1) is 22.7. The SMILES string of the molecule is O=C(CN1C(=O)CCCc2cc(S(=O)(=O)N3CCCC3)ccc21)Nc1ccc(F)cc1Cl. The molecule has 1 N–H and O–H groups in total. The van der Waals surface area contributed by atoms with Gasteiger partial charge in [0.05, 0.1) is 15.6 Å². The van der Waals surface area contributed by atoms with Gasteiger partial charge >= 0.3 is 0 Å². The lowest BCUT2D eigenvalue weighted by atomic mass is 10.1. The standard InChI is InChI=1S/C22H23ClFN3O4S/c23-18-13-16(24)6-8-19(18)25-21(28)14-27-20-9-7-17(12-15(20)4-3-5-22(27)29)32(30,31)26-10-1-2-11-26/h6-9,12-13H,1-5,10-11,14H2,(H,25,28). The van der Waals surface area contributed by atoms with Gasteiger partial charge in [0.15, 0.2) is 0 Å². The van der Waals surface area contributed by atoms with Gasteiger partial charge in [0.25, 0.3) is 0 Å². The summed E-state index contributed by atoms with van der Waals surface area (Å²) < 4.78 is 40.6. The lowest BCUT2D eigenvalue weighted by Crippen LogP contribution is -2.38. The summed E-state index contributed by atoms with van der Waals surface area (Å²) >= 11 is 5.97. The summed E-state index contributed by atoms with van der Waals surface area (Å²) in [5, 5.41) is 2.65. The minimum atomic E-state index is -3.58. The van der Waals surface area contributed by atoms with Gasteiger partial charge in [-0.2, -0.15) is 4.31 Å². The van der Waals surface area contributed by atoms with Gasteiger partial charge < -0.3 is 10.2 Å². The van der Waals surface area contributed by atoms with E-state index in [9.17, 15) is 22.4 Å². The van der Waals surface area contributed by atoms with Crippen molar-refractivity contribution in [2.75, 3.05) is 29.9 Å². The van der Waals surface area contributed by atoms with Crippen LogP contribution in [0.2, 0.25) is 5.02 Å². The van der Waals surface area contributed by atoms with E-state index in [1.54, 1.807) is 12.1 Å². The molecule has 0 bridgehead atoms. The van der Waals surface area contributed by atoms with Crippen LogP contribution in [0.25, 0.3) is 0 Å². The van der Waals surface area contributed by atoms with Gasteiger partial charge in [-0.05, 0) is 67.6 Å². The van der Waals surface area contributed by atoms with E-state index in [0.29, 0.717) is 37.2 Å². The maximum atomic E-state index is 13.2. The molecule has 32 heavy (non-hydrogen) atoms. The molecule has 0 unspecified atom stereocenters. The van der Waals surface area contributed by atoms with Crippen LogP contribution < -0.4 is 10.2 Å². The number of halogens is 2. The summed E-state index contributed by atoms with van der Waals surface area (Å²) in [5.74, 6) is -1.24. The molecular formula is C22H23ClFN3O4S. The van der Waals surface area contributed by atoms with E-state index >= 15 is 0 Å². The summed E-state index contributed by atoms with van der Waals surface area (Å²) in [7, 11) is -3.58. The van der Waals surface area contributed by atoms with E-state index in [2.05, 4.69) is 5.32 Å². The number of rotatable bonds is 5. The Morgan fingerprint density at radius 1 is 1.06 bits per heavy atom. The third kappa shape index (κ3) is 4.65. The first-order chi connectivity index (χ1) is 15.3. The molecule has 1 saturated heterocycles. The minimum Gasteiger partial charge on any atom is -0.323 e. The molecule has 4 rings (SSSR count). The molecule has 0 aliphatic carbocycles. The van der Waals surface area contributed by atoms with E-state index in [4.69, 9.17) is 11.6 Å². The number of sulfonamides is 1. The molecule has 0 saturated carbocycles. The number of nitrogens with zero attached hydrogens (tertiary/aromatic N) is 2. The van der Waals surface area contributed by atoms with Crippen molar-refractivity contribution in [2.24, 2.45) is 0 Å². The summed E-state index contributed by atoms with van der Waals surface area (Å²) in [6.07, 6.45) is 3.03. The fraction of sp³-hybridized carbons (Fsp3) is 0.364. The molecule has 7 nitrogen and oxygen atoms in total. The number of carbonyl (C=O) groups excluding carboxylic acids is 2. The maximum Gasteiger partial charge on any atom is 0.244 e. The zero-order chi connectivity index (χ0) is 22.9. The van der Waals surface area contributed by atoms with E-state index in [1.807, 2.05) is 0 Å². The smallest absolute Gasteiger partial charge is 0.244 e. The molecule has 2 aromatic rings. The number of aryl methyl sites for hydroxylation is 1. The number of amides is 2. The number of hydrogen-bond acceptors (Lipinski definition) is 4. The predicted octanol–water partition coefficient (Wildman–Crippen LogP) is 3.57. The molecule has 0 atom stereocenters. The highest BCUT2D eigenvalue weighted by molar-refractivity contribution is 7.89. The average Bonchev–Trinajstić information content (AvgIpc) is 3.25. The Kier molecular flexibility index (Phi) is 6.50. The van der Waals surface area contributed by atoms with Crippen LogP contribution in [0.4, 0.5) is 15.8 Å². The van der Waals surface area contributed by atoms with Gasteiger partial charge in [-0.15, -0.1) is 0 Å². The zero-order valence-electron chi connectivity index (χ0n) is 17.3. The zero-order valence-corrected chi connectivity index (χ0v) is 18.9. The van der Waals surface area contributed by atoms with Crippen LogP contribution in [-0.2, 0) is 26.0 Å². The van der Waals surface area contributed by atoms with Crippen LogP contribution in [0.3, 0.4) is 0 Å². The van der Waals surface area contributed by atoms with Crippen LogP contribution in [0.15, 0.2) is 41.3 Å². The molecule has 2 aliphatic rings. The fourth-order valence-corrected chi connectivity index (χ4v) is 5.84. The van der Waals surface area contributed by atoms with Crippen LogP contribution in [-0.4, -0.2) is 44.2 Å². The highest BCUT2D eigenvalue weighted by atomic mass is 35.5. The van der Waals surface area contributed by atoms with Gasteiger partial charge in [-0.1, -0.05) is 11.6 Å². The summed E-state index contributed by atoms with van der Waals surface area (Å²) in [6.45, 7) is 0.754. The van der Waals surface area contributed by atoms with E-state index in [1.165, 1.54) is 27.4 Å². The van der Waals surface area contributed by atoms with Gasteiger partial charge in [0.2, 0.25) is 21.8 Å². The lowest BCUT2D eigenvalue weighted by Gasteiger charge is -2.24. The molecule has 170 valence electrons. The molecule has 2 aromatic carbocycles. The molecule has 0 radical (unpaired) electrons. The highest BCUT2D eigenvalue weighted by Crippen LogP contribution is 2.31. The molecule has 10 heteroatoms. The molecule has 2 heterocycles. The van der Waals surface area contributed by atoms with Crippen molar-refractivity contribution in [3.05, 3.63) is 52.8 Å². The molecule has 2 amide bonds. The highest BCUT2D eigenvalue weighted by Gasteiger charge is 2.30. The van der Waals surface area contributed by atoms with Crippen molar-refractivity contribution in [3.8, 4) is 0 Å². The number of anilines is 2. The molecule has 1 fully saturated rings. The van der Waals surface area contributed by atoms with E-state index in [-0.39, 0.29) is 34.5 Å². The van der Waals surface area contributed by atoms with Gasteiger partial charge in [0, 0.05) is 25.2 Å². The summed E-state index contributed by atoms with van der Waals surface area (Å²) in [5.41, 5.74) is 1.48. The first-order valence-electron chi connectivity index (χ1n) is 10.4. The normalized spacial score (nSPS) is 17.2. The van der Waals surface area contributed by atoms with Gasteiger partial charge in [0.1, 0.15) is 12.4 Å². The topological polar surface area (TPSA) is 86.8 Å². The summed E-state index contributed by atoms with van der Waals surface area (Å²) in [6, 6.07) is 8.32. The van der Waals surface area contributed by atoms with Crippen molar-refractivity contribution in [3.63, 3.8) is 0 Å². The number of fused-ring (bicyclic) bond motifs is 1. The third-order valence-electron chi connectivity index (χ3n) is 5.69. The van der Waals surface area contributed by atoms with Gasteiger partial charge in [-0.25, -0.2) is 12.8 Å². The lowest BCUT2D eigenvalue weighted by molar-refractivity contribution is -0.121. The van der Waals surface area contributed by atoms with Crippen molar-refractivity contribution in [1.29, 1.82) is 0 Å². The second kappa shape index (κ2) is 9.17. The Bertz CT molecular complexity index is 1170. The number of benzene rings is 2. The Morgan fingerprint density at radius 2 is 1.81 bits per heavy atom. The van der Waals surface area contributed by atoms with Crippen molar-refractivity contribution >= 4 is 44.8 Å². The largest absolute Gasteiger partial charge is 0.323 e. The Balaban J connectivity index is 1.58. The Hall–Kier alpha value is -2.49. The monoisotopic (exact) mass is 479 g/mol. The summed E-state index contributed by atoms with van der Waals surface area (Å²) in [4.78, 5) is 26.9. The van der Waals surface area contributed by atoms with Crippen LogP contribution in [0, 0.1) is 5.82 Å². The van der Waals surface area contributed by atoms with E-state index in [0.717, 1.165) is 18.9 Å². The number of carbonyl (C=O) groups is 2. The van der Waals surface area contributed by atoms with E-state index < -0.39 is 21.7 Å². The van der Waals surface area contributed by atoms with Gasteiger partial charge in [-0.3, -0.25) is 9.59 Å². The maximum absolute atomic E-state index is 13.2.